The minimum absolute atomic E-state index is 0.113. The summed E-state index contributed by atoms with van der Waals surface area (Å²) >= 11 is 1.66. The molecular weight excluding hydrogens is 248 g/mol. The molecule has 0 amide bonds. The number of hydrogen-bond acceptors (Lipinski definition) is 5. The molecule has 0 unspecified atom stereocenters. The lowest BCUT2D eigenvalue weighted by molar-refractivity contribution is 0.0979. The molecule has 94 valence electrons. The summed E-state index contributed by atoms with van der Waals surface area (Å²) in [7, 11) is 5.79. The topological polar surface area (TPSA) is 51.0 Å². The number of carbonyl (C=O) groups excluding carboxylic acids is 1. The maximum Gasteiger partial charge on any atom is 0.185 e. The predicted molar refractivity (Wildman–Crippen MR) is 71.3 cm³/mol. The van der Waals surface area contributed by atoms with Crippen LogP contribution in [-0.2, 0) is 13.5 Å². The molecule has 0 aromatic carbocycles. The first-order valence-corrected chi connectivity index (χ1v) is 6.62. The Kier molecular flexibility index (Phi) is 2.48. The molecule has 0 radical (unpaired) electrons. The van der Waals surface area contributed by atoms with E-state index < -0.39 is 0 Å². The van der Waals surface area contributed by atoms with E-state index in [1.807, 2.05) is 32.2 Å². The molecule has 5 nitrogen and oxygen atoms in total. The summed E-state index contributed by atoms with van der Waals surface area (Å²) in [5.41, 5.74) is 2.36. The van der Waals surface area contributed by atoms with E-state index in [9.17, 15) is 4.79 Å². The fourth-order valence-electron chi connectivity index (χ4n) is 2.12. The molecule has 1 aliphatic rings. The van der Waals surface area contributed by atoms with Crippen molar-refractivity contribution in [3.8, 4) is 11.3 Å². The fourth-order valence-corrected chi connectivity index (χ4v) is 3.12. The molecule has 0 saturated carbocycles. The minimum atomic E-state index is 0.113. The van der Waals surface area contributed by atoms with E-state index in [1.165, 1.54) is 4.88 Å². The third-order valence-corrected chi connectivity index (χ3v) is 4.28. The van der Waals surface area contributed by atoms with E-state index >= 15 is 0 Å². The van der Waals surface area contributed by atoms with Crippen molar-refractivity contribution < 1.29 is 4.79 Å². The van der Waals surface area contributed by atoms with Crippen molar-refractivity contribution in [1.29, 1.82) is 0 Å². The average molecular weight is 262 g/mol. The van der Waals surface area contributed by atoms with Crippen molar-refractivity contribution in [3.05, 3.63) is 16.8 Å². The number of anilines is 1. The molecule has 18 heavy (non-hydrogen) atoms. The fraction of sp³-hybridized carbons (Fsp3) is 0.417. The molecule has 0 atom stereocenters. The van der Waals surface area contributed by atoms with E-state index in [2.05, 4.69) is 10.1 Å². The van der Waals surface area contributed by atoms with Gasteiger partial charge in [0.05, 0.1) is 11.3 Å². The molecule has 6 heteroatoms. The Hall–Kier alpha value is -1.69. The van der Waals surface area contributed by atoms with Crippen molar-refractivity contribution in [2.24, 2.45) is 7.05 Å². The summed E-state index contributed by atoms with van der Waals surface area (Å²) in [4.78, 5) is 19.8. The molecule has 0 aliphatic heterocycles. The normalized spacial score (nSPS) is 14.1. The molecule has 0 fully saturated rings. The summed E-state index contributed by atoms with van der Waals surface area (Å²) < 4.78 is 1.69. The molecule has 1 aliphatic carbocycles. The van der Waals surface area contributed by atoms with Gasteiger partial charge in [-0.2, -0.15) is 5.10 Å². The van der Waals surface area contributed by atoms with Gasteiger partial charge in [-0.15, -0.1) is 11.3 Å². The summed E-state index contributed by atoms with van der Waals surface area (Å²) in [5.74, 6) is 0.113. The number of rotatable bonds is 1. The lowest BCUT2D eigenvalue weighted by atomic mass is 10.1. The van der Waals surface area contributed by atoms with Gasteiger partial charge in [-0.25, -0.2) is 4.98 Å². The highest BCUT2D eigenvalue weighted by atomic mass is 32.1. The second kappa shape index (κ2) is 3.91. The van der Waals surface area contributed by atoms with Gasteiger partial charge in [-0.3, -0.25) is 9.48 Å². The summed E-state index contributed by atoms with van der Waals surface area (Å²) in [6.45, 7) is 0. The third-order valence-electron chi connectivity index (χ3n) is 3.00. The van der Waals surface area contributed by atoms with E-state index in [1.54, 1.807) is 16.0 Å². The van der Waals surface area contributed by atoms with Crippen LogP contribution in [0.2, 0.25) is 0 Å². The lowest BCUT2D eigenvalue weighted by Gasteiger charge is -2.05. The number of nitrogens with zero attached hydrogens (tertiary/aromatic N) is 4. The number of hydrogen-bond donors (Lipinski definition) is 0. The highest BCUT2D eigenvalue weighted by molar-refractivity contribution is 7.16. The Morgan fingerprint density at radius 1 is 1.33 bits per heavy atom. The quantitative estimate of drug-likeness (QED) is 0.785. The number of thiazole rings is 1. The molecule has 3 rings (SSSR count). The van der Waals surface area contributed by atoms with Crippen molar-refractivity contribution in [3.63, 3.8) is 0 Å². The van der Waals surface area contributed by atoms with Gasteiger partial charge >= 0.3 is 0 Å². The second-order valence-corrected chi connectivity index (χ2v) is 5.71. The Labute approximate surface area is 109 Å². The summed E-state index contributed by atoms with van der Waals surface area (Å²) in [6, 6.07) is 0. The number of fused-ring (bicyclic) bond motifs is 3. The van der Waals surface area contributed by atoms with Crippen LogP contribution in [0.3, 0.4) is 0 Å². The second-order valence-electron chi connectivity index (χ2n) is 4.65. The van der Waals surface area contributed by atoms with Gasteiger partial charge in [0.15, 0.2) is 10.9 Å². The van der Waals surface area contributed by atoms with Gasteiger partial charge in [-0.1, -0.05) is 0 Å². The number of carbonyl (C=O) groups is 1. The van der Waals surface area contributed by atoms with Crippen LogP contribution in [0.1, 0.15) is 21.8 Å². The minimum Gasteiger partial charge on any atom is -0.354 e. The van der Waals surface area contributed by atoms with Gasteiger partial charge < -0.3 is 4.90 Å². The Bertz CT molecular complexity index is 626. The zero-order valence-corrected chi connectivity index (χ0v) is 11.4. The van der Waals surface area contributed by atoms with Gasteiger partial charge in [0.2, 0.25) is 0 Å². The van der Waals surface area contributed by atoms with Gasteiger partial charge in [0.1, 0.15) is 5.69 Å². The number of ketones is 1. The first-order valence-electron chi connectivity index (χ1n) is 5.80. The molecule has 2 aromatic heterocycles. The molecule has 0 bridgehead atoms. The zero-order valence-electron chi connectivity index (χ0n) is 10.6. The first kappa shape index (κ1) is 11.4. The van der Waals surface area contributed by atoms with Gasteiger partial charge in [-0.05, 0) is 6.42 Å². The molecule has 2 aromatic rings. The number of aromatic nitrogens is 3. The maximum absolute atomic E-state index is 12.0. The van der Waals surface area contributed by atoms with Crippen molar-refractivity contribution >= 4 is 22.3 Å². The van der Waals surface area contributed by atoms with Gasteiger partial charge in [0, 0.05) is 38.6 Å². The molecule has 2 heterocycles. The maximum atomic E-state index is 12.0. The SMILES string of the molecule is CN(C)c1nc2c(s1)CCC(=O)c1nn(C)cc1-2. The Morgan fingerprint density at radius 3 is 2.83 bits per heavy atom. The molecular formula is C12H14N4OS. The largest absolute Gasteiger partial charge is 0.354 e. The van der Waals surface area contributed by atoms with Crippen LogP contribution in [0.4, 0.5) is 5.13 Å². The van der Waals surface area contributed by atoms with E-state index in [0.717, 1.165) is 22.8 Å². The van der Waals surface area contributed by atoms with Crippen molar-refractivity contribution in [1.82, 2.24) is 14.8 Å². The van der Waals surface area contributed by atoms with Crippen LogP contribution < -0.4 is 4.90 Å². The van der Waals surface area contributed by atoms with Crippen molar-refractivity contribution in [2.75, 3.05) is 19.0 Å². The van der Waals surface area contributed by atoms with Crippen LogP contribution in [0.15, 0.2) is 6.20 Å². The molecule has 0 N–H and O–H groups in total. The first-order chi connectivity index (χ1) is 8.56. The van der Waals surface area contributed by atoms with E-state index in [-0.39, 0.29) is 5.78 Å². The van der Waals surface area contributed by atoms with Crippen LogP contribution in [0, 0.1) is 0 Å². The Morgan fingerprint density at radius 2 is 2.11 bits per heavy atom. The highest BCUT2D eigenvalue weighted by Gasteiger charge is 2.26. The van der Waals surface area contributed by atoms with Crippen molar-refractivity contribution in [2.45, 2.75) is 12.8 Å². The van der Waals surface area contributed by atoms with E-state index in [0.29, 0.717) is 12.1 Å². The summed E-state index contributed by atoms with van der Waals surface area (Å²) in [5, 5.41) is 5.24. The standard InChI is InChI=1S/C12H14N4OS/c1-15(2)12-13-11-7-6-16(3)14-10(7)8(17)4-5-9(11)18-12/h6H,4-5H2,1-3H3. The highest BCUT2D eigenvalue weighted by Crippen LogP contribution is 2.37. The number of Topliss-reactive ketones (excluding diaryl/α,β-unsaturated/α-hetero) is 1. The van der Waals surface area contributed by atoms with Crippen LogP contribution >= 0.6 is 11.3 Å². The third kappa shape index (κ3) is 1.64. The predicted octanol–water partition coefficient (Wildman–Crippen LogP) is 1.74. The smallest absolute Gasteiger partial charge is 0.185 e. The van der Waals surface area contributed by atoms with Crippen LogP contribution in [0.25, 0.3) is 11.3 Å². The Balaban J connectivity index is 2.21. The zero-order chi connectivity index (χ0) is 12.9. The average Bonchev–Trinajstić information content (AvgIpc) is 2.86. The monoisotopic (exact) mass is 262 g/mol. The van der Waals surface area contributed by atoms with Crippen LogP contribution in [0.5, 0.6) is 0 Å². The summed E-state index contributed by atoms with van der Waals surface area (Å²) in [6.07, 6.45) is 3.17. The number of aryl methyl sites for hydroxylation is 2. The lowest BCUT2D eigenvalue weighted by Crippen LogP contribution is -2.08. The van der Waals surface area contributed by atoms with Gasteiger partial charge in [0.25, 0.3) is 0 Å². The molecule has 0 saturated heterocycles. The van der Waals surface area contributed by atoms with E-state index in [4.69, 9.17) is 0 Å². The molecule has 0 spiro atoms. The van der Waals surface area contributed by atoms with Crippen LogP contribution in [-0.4, -0.2) is 34.6 Å².